The molecule has 4 nitrogen and oxygen atoms in total. The van der Waals surface area contributed by atoms with Gasteiger partial charge in [-0.15, -0.1) is 0 Å². The van der Waals surface area contributed by atoms with Gasteiger partial charge in [-0.25, -0.2) is 0 Å². The van der Waals surface area contributed by atoms with Crippen LogP contribution in [-0.2, 0) is 4.79 Å². The Hall–Kier alpha value is -3.01. The first-order valence-electron chi connectivity index (χ1n) is 7.82. The van der Waals surface area contributed by atoms with Gasteiger partial charge in [0.15, 0.2) is 5.78 Å². The summed E-state index contributed by atoms with van der Waals surface area (Å²) in [5, 5.41) is 2.57. The van der Waals surface area contributed by atoms with Crippen molar-refractivity contribution in [2.24, 2.45) is 0 Å². The summed E-state index contributed by atoms with van der Waals surface area (Å²) in [7, 11) is 0. The molecule has 1 N–H and O–H groups in total. The van der Waals surface area contributed by atoms with Crippen molar-refractivity contribution in [3.63, 3.8) is 0 Å². The van der Waals surface area contributed by atoms with Crippen molar-refractivity contribution in [1.82, 2.24) is 5.32 Å². The van der Waals surface area contributed by atoms with Crippen LogP contribution in [0, 0.1) is 0 Å². The van der Waals surface area contributed by atoms with Gasteiger partial charge in [-0.1, -0.05) is 67.6 Å². The van der Waals surface area contributed by atoms with E-state index in [1.807, 2.05) is 6.92 Å². The zero-order valence-electron chi connectivity index (χ0n) is 13.5. The third kappa shape index (κ3) is 4.74. The Morgan fingerprint density at radius 2 is 1.42 bits per heavy atom. The van der Waals surface area contributed by atoms with Gasteiger partial charge in [0.1, 0.15) is 0 Å². The van der Waals surface area contributed by atoms with Gasteiger partial charge in [0, 0.05) is 23.6 Å². The fourth-order valence-electron chi connectivity index (χ4n) is 2.16. The second-order valence-corrected chi connectivity index (χ2v) is 5.28. The van der Waals surface area contributed by atoms with Gasteiger partial charge in [-0.2, -0.15) is 0 Å². The van der Waals surface area contributed by atoms with Gasteiger partial charge in [0.25, 0.3) is 0 Å². The molecule has 0 aliphatic carbocycles. The van der Waals surface area contributed by atoms with Crippen molar-refractivity contribution in [3.8, 4) is 0 Å². The summed E-state index contributed by atoms with van der Waals surface area (Å²) in [6, 6.07) is 17.2. The number of allylic oxidation sites excluding steroid dienone is 2. The fraction of sp³-hybridized carbons (Fsp3) is 0.150. The van der Waals surface area contributed by atoms with Gasteiger partial charge in [0.05, 0.1) is 5.70 Å². The van der Waals surface area contributed by atoms with E-state index in [2.05, 4.69) is 5.32 Å². The van der Waals surface area contributed by atoms with Crippen LogP contribution in [0.15, 0.2) is 72.4 Å². The lowest BCUT2D eigenvalue weighted by Crippen LogP contribution is -2.28. The van der Waals surface area contributed by atoms with Crippen LogP contribution in [0.2, 0.25) is 0 Å². The Balaban J connectivity index is 2.32. The van der Waals surface area contributed by atoms with Gasteiger partial charge >= 0.3 is 0 Å². The molecule has 0 aromatic heterocycles. The standard InChI is InChI=1S/C20H19NO3/c1-2-9-19(23)21-17(20(24)16-12-7-4-8-13-16)14-18(22)15-10-5-3-6-11-15/h3-8,10-14H,2,9H2,1H3,(H,21,23)/b17-14-. The number of Topliss-reactive ketones (excluding diaryl/α,β-unsaturated/α-hetero) is 1. The van der Waals surface area contributed by atoms with Crippen molar-refractivity contribution >= 4 is 17.5 Å². The molecular weight excluding hydrogens is 302 g/mol. The molecule has 122 valence electrons. The molecule has 2 aromatic rings. The fourth-order valence-corrected chi connectivity index (χ4v) is 2.16. The van der Waals surface area contributed by atoms with E-state index in [0.29, 0.717) is 24.0 Å². The minimum absolute atomic E-state index is 0.00602. The van der Waals surface area contributed by atoms with Gasteiger partial charge in [-0.05, 0) is 6.42 Å². The predicted molar refractivity (Wildman–Crippen MR) is 92.7 cm³/mol. The van der Waals surface area contributed by atoms with Crippen molar-refractivity contribution in [2.45, 2.75) is 19.8 Å². The maximum absolute atomic E-state index is 12.6. The Kier molecular flexibility index (Phi) is 6.20. The van der Waals surface area contributed by atoms with Gasteiger partial charge < -0.3 is 5.32 Å². The Morgan fingerprint density at radius 1 is 0.875 bits per heavy atom. The first-order valence-corrected chi connectivity index (χ1v) is 7.82. The summed E-state index contributed by atoms with van der Waals surface area (Å²) in [5.41, 5.74) is 0.871. The molecule has 0 saturated carbocycles. The number of hydrogen-bond acceptors (Lipinski definition) is 3. The molecule has 2 rings (SSSR count). The monoisotopic (exact) mass is 321 g/mol. The van der Waals surface area contributed by atoms with E-state index in [0.717, 1.165) is 0 Å². The normalized spacial score (nSPS) is 11.0. The van der Waals surface area contributed by atoms with Crippen LogP contribution in [0.3, 0.4) is 0 Å². The lowest BCUT2D eigenvalue weighted by Gasteiger charge is -2.09. The summed E-state index contributed by atoms with van der Waals surface area (Å²) in [6.07, 6.45) is 2.14. The third-order valence-corrected chi connectivity index (χ3v) is 3.37. The molecule has 4 heteroatoms. The molecule has 0 radical (unpaired) electrons. The third-order valence-electron chi connectivity index (χ3n) is 3.37. The van der Waals surface area contributed by atoms with Crippen LogP contribution >= 0.6 is 0 Å². The second-order valence-electron chi connectivity index (χ2n) is 5.28. The summed E-state index contributed by atoms with van der Waals surface area (Å²) >= 11 is 0. The number of carbonyl (C=O) groups excluding carboxylic acids is 3. The van der Waals surface area contributed by atoms with Crippen LogP contribution in [0.4, 0.5) is 0 Å². The number of amides is 1. The maximum Gasteiger partial charge on any atom is 0.224 e. The molecule has 1 amide bonds. The first kappa shape index (κ1) is 17.3. The highest BCUT2D eigenvalue weighted by atomic mass is 16.2. The van der Waals surface area contributed by atoms with Crippen LogP contribution in [0.25, 0.3) is 0 Å². The van der Waals surface area contributed by atoms with Crippen LogP contribution in [0.1, 0.15) is 40.5 Å². The topological polar surface area (TPSA) is 63.2 Å². The molecule has 0 unspecified atom stereocenters. The lowest BCUT2D eigenvalue weighted by molar-refractivity contribution is -0.120. The Labute approximate surface area is 141 Å². The first-order chi connectivity index (χ1) is 11.6. The highest BCUT2D eigenvalue weighted by Crippen LogP contribution is 2.09. The number of nitrogens with one attached hydrogen (secondary N) is 1. The molecule has 0 aliphatic rings. The Bertz CT molecular complexity index is 749. The lowest BCUT2D eigenvalue weighted by atomic mass is 10.0. The number of rotatable bonds is 7. The predicted octanol–water partition coefficient (Wildman–Crippen LogP) is 3.55. The minimum atomic E-state index is -0.385. The summed E-state index contributed by atoms with van der Waals surface area (Å²) in [6.45, 7) is 1.87. The van der Waals surface area contributed by atoms with E-state index in [1.165, 1.54) is 6.08 Å². The number of ketones is 2. The van der Waals surface area contributed by atoms with Crippen LogP contribution in [-0.4, -0.2) is 17.5 Å². The smallest absolute Gasteiger partial charge is 0.224 e. The highest BCUT2D eigenvalue weighted by Gasteiger charge is 2.16. The molecule has 0 fully saturated rings. The van der Waals surface area contributed by atoms with Crippen molar-refractivity contribution in [1.29, 1.82) is 0 Å². The van der Waals surface area contributed by atoms with E-state index in [1.54, 1.807) is 60.7 Å². The van der Waals surface area contributed by atoms with E-state index < -0.39 is 0 Å². The average Bonchev–Trinajstić information content (AvgIpc) is 2.62. The summed E-state index contributed by atoms with van der Waals surface area (Å²) < 4.78 is 0. The molecule has 2 aromatic carbocycles. The van der Waals surface area contributed by atoms with E-state index in [4.69, 9.17) is 0 Å². The number of benzene rings is 2. The zero-order valence-corrected chi connectivity index (χ0v) is 13.5. The largest absolute Gasteiger partial charge is 0.323 e. The Morgan fingerprint density at radius 3 is 1.96 bits per heavy atom. The number of carbonyl (C=O) groups is 3. The average molecular weight is 321 g/mol. The molecule has 0 aliphatic heterocycles. The number of hydrogen-bond donors (Lipinski definition) is 1. The summed E-state index contributed by atoms with van der Waals surface area (Å²) in [5.74, 6) is -0.995. The van der Waals surface area contributed by atoms with E-state index >= 15 is 0 Å². The van der Waals surface area contributed by atoms with Crippen LogP contribution in [0.5, 0.6) is 0 Å². The van der Waals surface area contributed by atoms with Crippen molar-refractivity contribution < 1.29 is 14.4 Å². The molecular formula is C20H19NO3. The zero-order chi connectivity index (χ0) is 17.4. The SMILES string of the molecule is CCCC(=O)N/C(=C\C(=O)c1ccccc1)C(=O)c1ccccc1. The van der Waals surface area contributed by atoms with E-state index in [-0.39, 0.29) is 23.2 Å². The van der Waals surface area contributed by atoms with Crippen LogP contribution < -0.4 is 5.32 Å². The molecule has 24 heavy (non-hydrogen) atoms. The second kappa shape index (κ2) is 8.58. The van der Waals surface area contributed by atoms with Crippen molar-refractivity contribution in [3.05, 3.63) is 83.6 Å². The highest BCUT2D eigenvalue weighted by molar-refractivity contribution is 6.16. The summed E-state index contributed by atoms with van der Waals surface area (Å²) in [4.78, 5) is 36.9. The molecule has 0 bridgehead atoms. The minimum Gasteiger partial charge on any atom is -0.323 e. The molecule has 0 atom stereocenters. The quantitative estimate of drug-likeness (QED) is 0.626. The maximum atomic E-state index is 12.6. The van der Waals surface area contributed by atoms with E-state index in [9.17, 15) is 14.4 Å². The molecule has 0 saturated heterocycles. The molecule has 0 spiro atoms. The van der Waals surface area contributed by atoms with Crippen molar-refractivity contribution in [2.75, 3.05) is 0 Å². The van der Waals surface area contributed by atoms with Gasteiger partial charge in [0.2, 0.25) is 11.7 Å². The van der Waals surface area contributed by atoms with Gasteiger partial charge in [-0.3, -0.25) is 14.4 Å². The molecule has 0 heterocycles.